The first-order valence-electron chi connectivity index (χ1n) is 7.29. The fraction of sp³-hybridized carbons (Fsp3) is 0.562. The van der Waals surface area contributed by atoms with E-state index in [0.29, 0.717) is 19.1 Å². The van der Waals surface area contributed by atoms with Crippen LogP contribution in [0.4, 0.5) is 5.69 Å². The van der Waals surface area contributed by atoms with Gasteiger partial charge >= 0.3 is 0 Å². The summed E-state index contributed by atoms with van der Waals surface area (Å²) in [5.41, 5.74) is 2.44. The number of methoxy groups -OCH3 is 1. The van der Waals surface area contributed by atoms with Crippen molar-refractivity contribution < 1.29 is 9.53 Å². The van der Waals surface area contributed by atoms with E-state index in [9.17, 15) is 4.79 Å². The molecule has 110 valence electrons. The summed E-state index contributed by atoms with van der Waals surface area (Å²) in [6.45, 7) is 4.29. The number of nitrogens with one attached hydrogen (secondary N) is 1. The molecule has 1 fully saturated rings. The third kappa shape index (κ3) is 4.23. The summed E-state index contributed by atoms with van der Waals surface area (Å²) >= 11 is 0. The molecule has 0 aromatic heterocycles. The number of amides is 1. The molecule has 1 heterocycles. The Kier molecular flexibility index (Phi) is 5.41. The molecule has 1 N–H and O–H groups in total. The lowest BCUT2D eigenvalue weighted by Gasteiger charge is -2.33. The third-order valence-electron chi connectivity index (χ3n) is 3.76. The van der Waals surface area contributed by atoms with Crippen LogP contribution in [-0.2, 0) is 9.53 Å². The van der Waals surface area contributed by atoms with E-state index in [2.05, 4.69) is 36.5 Å². The van der Waals surface area contributed by atoms with Crippen molar-refractivity contribution in [2.75, 3.05) is 32.1 Å². The van der Waals surface area contributed by atoms with Crippen LogP contribution in [0.5, 0.6) is 0 Å². The Hall–Kier alpha value is -1.55. The molecule has 1 amide bonds. The highest BCUT2D eigenvalue weighted by Crippen LogP contribution is 2.18. The van der Waals surface area contributed by atoms with Crippen LogP contribution in [0.2, 0.25) is 0 Å². The minimum absolute atomic E-state index is 0.209. The van der Waals surface area contributed by atoms with E-state index >= 15 is 0 Å². The summed E-state index contributed by atoms with van der Waals surface area (Å²) in [7, 11) is 1.63. The second kappa shape index (κ2) is 7.29. The lowest BCUT2D eigenvalue weighted by molar-refractivity contribution is -0.133. The van der Waals surface area contributed by atoms with Crippen molar-refractivity contribution in [3.05, 3.63) is 29.8 Å². The third-order valence-corrected chi connectivity index (χ3v) is 3.76. The van der Waals surface area contributed by atoms with Crippen LogP contribution in [0.25, 0.3) is 0 Å². The molecule has 1 aromatic rings. The highest BCUT2D eigenvalue weighted by atomic mass is 16.5. The van der Waals surface area contributed by atoms with Gasteiger partial charge < -0.3 is 15.0 Å². The number of benzene rings is 1. The fourth-order valence-electron chi connectivity index (χ4n) is 2.59. The van der Waals surface area contributed by atoms with E-state index in [4.69, 9.17) is 4.74 Å². The maximum absolute atomic E-state index is 11.9. The van der Waals surface area contributed by atoms with Crippen LogP contribution in [0, 0.1) is 6.92 Å². The molecule has 4 heteroatoms. The SMILES string of the molecule is COCCC(=O)N1CCC(Nc2cccc(C)c2)CC1. The predicted molar refractivity (Wildman–Crippen MR) is 80.9 cm³/mol. The Bertz CT molecular complexity index is 440. The first-order valence-corrected chi connectivity index (χ1v) is 7.29. The number of likely N-dealkylation sites (tertiary alicyclic amines) is 1. The molecule has 1 aliphatic rings. The van der Waals surface area contributed by atoms with Gasteiger partial charge in [0.05, 0.1) is 13.0 Å². The lowest BCUT2D eigenvalue weighted by atomic mass is 10.0. The van der Waals surface area contributed by atoms with Crippen LogP contribution in [-0.4, -0.2) is 43.7 Å². The Morgan fingerprint density at radius 2 is 2.15 bits per heavy atom. The van der Waals surface area contributed by atoms with E-state index in [1.165, 1.54) is 11.3 Å². The van der Waals surface area contributed by atoms with Gasteiger partial charge in [0.1, 0.15) is 0 Å². The van der Waals surface area contributed by atoms with Crippen molar-refractivity contribution in [2.45, 2.75) is 32.2 Å². The molecule has 0 saturated carbocycles. The molecule has 4 nitrogen and oxygen atoms in total. The number of aryl methyl sites for hydroxylation is 1. The summed E-state index contributed by atoms with van der Waals surface area (Å²) in [5.74, 6) is 0.209. The zero-order chi connectivity index (χ0) is 14.4. The molecule has 0 atom stereocenters. The molecule has 2 rings (SSSR count). The summed E-state index contributed by atoms with van der Waals surface area (Å²) in [4.78, 5) is 13.8. The van der Waals surface area contributed by atoms with E-state index in [0.717, 1.165) is 25.9 Å². The van der Waals surface area contributed by atoms with Crippen molar-refractivity contribution in [1.82, 2.24) is 4.90 Å². The van der Waals surface area contributed by atoms with E-state index in [1.54, 1.807) is 7.11 Å². The van der Waals surface area contributed by atoms with Crippen LogP contribution in [0.1, 0.15) is 24.8 Å². The number of carbonyl (C=O) groups excluding carboxylic acids is 1. The number of anilines is 1. The number of ether oxygens (including phenoxy) is 1. The minimum atomic E-state index is 0.209. The summed E-state index contributed by atoms with van der Waals surface area (Å²) in [6.07, 6.45) is 2.51. The Labute approximate surface area is 121 Å². The van der Waals surface area contributed by atoms with Crippen LogP contribution < -0.4 is 5.32 Å². The largest absolute Gasteiger partial charge is 0.384 e. The van der Waals surface area contributed by atoms with Gasteiger partial charge in [0.25, 0.3) is 0 Å². The molecule has 0 aliphatic carbocycles. The Morgan fingerprint density at radius 1 is 1.40 bits per heavy atom. The van der Waals surface area contributed by atoms with Gasteiger partial charge in [0.15, 0.2) is 0 Å². The van der Waals surface area contributed by atoms with E-state index in [-0.39, 0.29) is 5.91 Å². The normalized spacial score (nSPS) is 16.2. The van der Waals surface area contributed by atoms with Crippen molar-refractivity contribution in [3.63, 3.8) is 0 Å². The van der Waals surface area contributed by atoms with Crippen molar-refractivity contribution in [2.24, 2.45) is 0 Å². The maximum Gasteiger partial charge on any atom is 0.224 e. The molecule has 1 saturated heterocycles. The highest BCUT2D eigenvalue weighted by molar-refractivity contribution is 5.76. The standard InChI is InChI=1S/C16H24N2O2/c1-13-4-3-5-15(12-13)17-14-6-9-18(10-7-14)16(19)8-11-20-2/h3-5,12,14,17H,6-11H2,1-2H3. The van der Waals surface area contributed by atoms with Crippen molar-refractivity contribution >= 4 is 11.6 Å². The lowest BCUT2D eigenvalue weighted by Crippen LogP contribution is -2.42. The molecule has 0 spiro atoms. The monoisotopic (exact) mass is 276 g/mol. The number of rotatable bonds is 5. The average molecular weight is 276 g/mol. The van der Waals surface area contributed by atoms with Crippen molar-refractivity contribution in [1.29, 1.82) is 0 Å². The first-order chi connectivity index (χ1) is 9.69. The quantitative estimate of drug-likeness (QED) is 0.898. The smallest absolute Gasteiger partial charge is 0.224 e. The molecule has 1 aromatic carbocycles. The maximum atomic E-state index is 11.9. The van der Waals surface area contributed by atoms with Gasteiger partial charge in [-0.2, -0.15) is 0 Å². The van der Waals surface area contributed by atoms with Crippen LogP contribution >= 0.6 is 0 Å². The minimum Gasteiger partial charge on any atom is -0.384 e. The second-order valence-corrected chi connectivity index (χ2v) is 5.41. The number of carbonyl (C=O) groups is 1. The molecule has 0 radical (unpaired) electrons. The summed E-state index contributed by atoms with van der Waals surface area (Å²) in [6, 6.07) is 8.89. The van der Waals surface area contributed by atoms with E-state index < -0.39 is 0 Å². The van der Waals surface area contributed by atoms with Gasteiger partial charge in [-0.3, -0.25) is 4.79 Å². The van der Waals surface area contributed by atoms with Gasteiger partial charge in [-0.05, 0) is 37.5 Å². The highest BCUT2D eigenvalue weighted by Gasteiger charge is 2.22. The summed E-state index contributed by atoms with van der Waals surface area (Å²) < 4.78 is 4.95. The second-order valence-electron chi connectivity index (χ2n) is 5.41. The van der Waals surface area contributed by atoms with E-state index in [1.807, 2.05) is 4.90 Å². The topological polar surface area (TPSA) is 41.6 Å². The van der Waals surface area contributed by atoms with Gasteiger partial charge in [0.2, 0.25) is 5.91 Å². The molecular weight excluding hydrogens is 252 g/mol. The Balaban J connectivity index is 1.78. The van der Waals surface area contributed by atoms with Gasteiger partial charge in [0, 0.05) is 31.9 Å². The van der Waals surface area contributed by atoms with Gasteiger partial charge in [-0.1, -0.05) is 12.1 Å². The molecule has 0 unspecified atom stereocenters. The number of hydrogen-bond acceptors (Lipinski definition) is 3. The summed E-state index contributed by atoms with van der Waals surface area (Å²) in [5, 5.41) is 3.56. The fourth-order valence-corrected chi connectivity index (χ4v) is 2.59. The Morgan fingerprint density at radius 3 is 2.80 bits per heavy atom. The molecular formula is C16H24N2O2. The zero-order valence-electron chi connectivity index (χ0n) is 12.4. The van der Waals surface area contributed by atoms with Crippen LogP contribution in [0.3, 0.4) is 0 Å². The number of nitrogens with zero attached hydrogens (tertiary/aromatic N) is 1. The number of hydrogen-bond donors (Lipinski definition) is 1. The predicted octanol–water partition coefficient (Wildman–Crippen LogP) is 2.43. The molecule has 1 aliphatic heterocycles. The van der Waals surface area contributed by atoms with Gasteiger partial charge in [-0.15, -0.1) is 0 Å². The molecule has 20 heavy (non-hydrogen) atoms. The zero-order valence-corrected chi connectivity index (χ0v) is 12.4. The first kappa shape index (κ1) is 14.9. The molecule has 0 bridgehead atoms. The average Bonchev–Trinajstić information content (AvgIpc) is 2.45. The van der Waals surface area contributed by atoms with Gasteiger partial charge in [-0.25, -0.2) is 0 Å². The van der Waals surface area contributed by atoms with Crippen molar-refractivity contribution in [3.8, 4) is 0 Å². The van der Waals surface area contributed by atoms with Crippen LogP contribution in [0.15, 0.2) is 24.3 Å². The number of piperidine rings is 1.